The Hall–Kier alpha value is -0.120. The van der Waals surface area contributed by atoms with Crippen LogP contribution in [0.1, 0.15) is 58.3 Å². The molecule has 2 saturated carbocycles. The second-order valence-corrected chi connectivity index (χ2v) is 6.55. The van der Waals surface area contributed by atoms with Crippen LogP contribution in [0.4, 0.5) is 0 Å². The van der Waals surface area contributed by atoms with Gasteiger partial charge < -0.3 is 15.2 Å². The van der Waals surface area contributed by atoms with Gasteiger partial charge in [-0.05, 0) is 50.4 Å². The van der Waals surface area contributed by atoms with E-state index >= 15 is 0 Å². The highest BCUT2D eigenvalue weighted by atomic mass is 16.5. The molecule has 112 valence electrons. The molecule has 0 amide bonds. The van der Waals surface area contributed by atoms with Gasteiger partial charge in [0.05, 0.1) is 12.7 Å². The SMILES string of the molecule is CCCC1CCC(NCC(O)COCC2CC2)CC1. The average Bonchev–Trinajstić information content (AvgIpc) is 3.22. The summed E-state index contributed by atoms with van der Waals surface area (Å²) in [4.78, 5) is 0. The van der Waals surface area contributed by atoms with Gasteiger partial charge in [0.2, 0.25) is 0 Å². The van der Waals surface area contributed by atoms with Crippen LogP contribution < -0.4 is 5.32 Å². The number of ether oxygens (including phenoxy) is 1. The zero-order chi connectivity index (χ0) is 13.5. The van der Waals surface area contributed by atoms with Crippen LogP contribution in [-0.2, 0) is 4.74 Å². The van der Waals surface area contributed by atoms with Gasteiger partial charge in [-0.2, -0.15) is 0 Å². The van der Waals surface area contributed by atoms with Crippen molar-refractivity contribution in [3.63, 3.8) is 0 Å². The second-order valence-electron chi connectivity index (χ2n) is 6.55. The first-order chi connectivity index (χ1) is 9.28. The molecule has 2 fully saturated rings. The zero-order valence-electron chi connectivity index (χ0n) is 12.4. The lowest BCUT2D eigenvalue weighted by Crippen LogP contribution is -2.39. The standard InChI is InChI=1S/C16H31NO2/c1-2-3-13-6-8-15(9-7-13)17-10-16(18)12-19-11-14-4-5-14/h13-18H,2-12H2,1H3. The van der Waals surface area contributed by atoms with Crippen molar-refractivity contribution in [3.8, 4) is 0 Å². The van der Waals surface area contributed by atoms with Crippen LogP contribution in [0.2, 0.25) is 0 Å². The lowest BCUT2D eigenvalue weighted by molar-refractivity contribution is 0.0303. The fourth-order valence-electron chi connectivity index (χ4n) is 3.08. The molecule has 0 bridgehead atoms. The molecule has 2 aliphatic rings. The summed E-state index contributed by atoms with van der Waals surface area (Å²) < 4.78 is 5.52. The Balaban J connectivity index is 1.48. The summed E-state index contributed by atoms with van der Waals surface area (Å²) in [5.41, 5.74) is 0. The van der Waals surface area contributed by atoms with E-state index in [0.29, 0.717) is 19.2 Å². The summed E-state index contributed by atoms with van der Waals surface area (Å²) >= 11 is 0. The lowest BCUT2D eigenvalue weighted by atomic mass is 9.83. The van der Waals surface area contributed by atoms with Crippen LogP contribution in [0.3, 0.4) is 0 Å². The maximum absolute atomic E-state index is 9.86. The summed E-state index contributed by atoms with van der Waals surface area (Å²) in [7, 11) is 0. The molecule has 0 aromatic heterocycles. The molecule has 1 unspecified atom stereocenters. The van der Waals surface area contributed by atoms with E-state index in [9.17, 15) is 5.11 Å². The summed E-state index contributed by atoms with van der Waals surface area (Å²) in [6, 6.07) is 0.617. The van der Waals surface area contributed by atoms with Crippen molar-refractivity contribution in [2.45, 2.75) is 70.4 Å². The molecule has 0 saturated heterocycles. The van der Waals surface area contributed by atoms with E-state index in [1.54, 1.807) is 0 Å². The van der Waals surface area contributed by atoms with Gasteiger partial charge in [-0.15, -0.1) is 0 Å². The number of aliphatic hydroxyl groups is 1. The van der Waals surface area contributed by atoms with Crippen molar-refractivity contribution in [3.05, 3.63) is 0 Å². The van der Waals surface area contributed by atoms with E-state index in [2.05, 4.69) is 12.2 Å². The molecule has 2 aliphatic carbocycles. The predicted octanol–water partition coefficient (Wildman–Crippen LogP) is 2.72. The third-order valence-corrected chi connectivity index (χ3v) is 4.55. The Kier molecular flexibility index (Phi) is 6.62. The summed E-state index contributed by atoms with van der Waals surface area (Å²) in [5, 5.41) is 13.4. The van der Waals surface area contributed by atoms with Crippen molar-refractivity contribution in [1.29, 1.82) is 0 Å². The van der Waals surface area contributed by atoms with Crippen LogP contribution in [0.5, 0.6) is 0 Å². The second kappa shape index (κ2) is 8.23. The summed E-state index contributed by atoms with van der Waals surface area (Å²) in [6.07, 6.45) is 10.3. The third-order valence-electron chi connectivity index (χ3n) is 4.55. The minimum atomic E-state index is -0.341. The smallest absolute Gasteiger partial charge is 0.0897 e. The number of aliphatic hydroxyl groups excluding tert-OH is 1. The third kappa shape index (κ3) is 6.24. The minimum Gasteiger partial charge on any atom is -0.389 e. The maximum Gasteiger partial charge on any atom is 0.0897 e. The van der Waals surface area contributed by atoms with Crippen LogP contribution in [0.25, 0.3) is 0 Å². The van der Waals surface area contributed by atoms with Crippen molar-refractivity contribution in [1.82, 2.24) is 5.32 Å². The molecule has 1 atom stereocenters. The highest BCUT2D eigenvalue weighted by molar-refractivity contribution is 4.78. The van der Waals surface area contributed by atoms with Crippen molar-refractivity contribution in [2.75, 3.05) is 19.8 Å². The number of rotatable bonds is 9. The average molecular weight is 269 g/mol. The van der Waals surface area contributed by atoms with Gasteiger partial charge in [0, 0.05) is 19.2 Å². The van der Waals surface area contributed by atoms with Gasteiger partial charge in [0.15, 0.2) is 0 Å². The van der Waals surface area contributed by atoms with E-state index < -0.39 is 0 Å². The van der Waals surface area contributed by atoms with E-state index in [0.717, 1.165) is 18.4 Å². The first-order valence-electron chi connectivity index (χ1n) is 8.27. The number of hydrogen-bond donors (Lipinski definition) is 2. The van der Waals surface area contributed by atoms with Gasteiger partial charge in [0.25, 0.3) is 0 Å². The number of hydrogen-bond acceptors (Lipinski definition) is 3. The highest BCUT2D eigenvalue weighted by Crippen LogP contribution is 2.29. The summed E-state index contributed by atoms with van der Waals surface area (Å²) in [5.74, 6) is 1.74. The van der Waals surface area contributed by atoms with Gasteiger partial charge in [0.1, 0.15) is 0 Å². The molecule has 2 rings (SSSR count). The van der Waals surface area contributed by atoms with Crippen LogP contribution in [0, 0.1) is 11.8 Å². The quantitative estimate of drug-likeness (QED) is 0.676. The Morgan fingerprint density at radius 3 is 2.42 bits per heavy atom. The highest BCUT2D eigenvalue weighted by Gasteiger charge is 2.22. The van der Waals surface area contributed by atoms with Crippen LogP contribution >= 0.6 is 0 Å². The molecule has 0 heterocycles. The molecule has 2 N–H and O–H groups in total. The minimum absolute atomic E-state index is 0.341. The molecule has 0 aliphatic heterocycles. The Morgan fingerprint density at radius 2 is 1.79 bits per heavy atom. The van der Waals surface area contributed by atoms with E-state index in [1.807, 2.05) is 0 Å². The van der Waals surface area contributed by atoms with Gasteiger partial charge in [-0.25, -0.2) is 0 Å². The normalized spacial score (nSPS) is 29.4. The van der Waals surface area contributed by atoms with Gasteiger partial charge >= 0.3 is 0 Å². The van der Waals surface area contributed by atoms with E-state index in [1.165, 1.54) is 51.4 Å². The molecular weight excluding hydrogens is 238 g/mol. The van der Waals surface area contributed by atoms with Gasteiger partial charge in [-0.3, -0.25) is 0 Å². The lowest BCUT2D eigenvalue weighted by Gasteiger charge is -2.29. The molecular formula is C16H31NO2. The fraction of sp³-hybridized carbons (Fsp3) is 1.00. The van der Waals surface area contributed by atoms with Crippen molar-refractivity contribution in [2.24, 2.45) is 11.8 Å². The Labute approximate surface area is 118 Å². The molecule has 0 aromatic rings. The monoisotopic (exact) mass is 269 g/mol. The molecule has 0 aromatic carbocycles. The molecule has 19 heavy (non-hydrogen) atoms. The number of nitrogens with one attached hydrogen (secondary N) is 1. The predicted molar refractivity (Wildman–Crippen MR) is 78.2 cm³/mol. The summed E-state index contributed by atoms with van der Waals surface area (Å²) in [6.45, 7) is 4.31. The van der Waals surface area contributed by atoms with Crippen molar-refractivity contribution < 1.29 is 9.84 Å². The Bertz CT molecular complexity index is 235. The van der Waals surface area contributed by atoms with Crippen LogP contribution in [0.15, 0.2) is 0 Å². The molecule has 0 spiro atoms. The molecule has 3 nitrogen and oxygen atoms in total. The van der Waals surface area contributed by atoms with Crippen molar-refractivity contribution >= 4 is 0 Å². The fourth-order valence-corrected chi connectivity index (χ4v) is 3.08. The largest absolute Gasteiger partial charge is 0.389 e. The van der Waals surface area contributed by atoms with Gasteiger partial charge in [-0.1, -0.05) is 19.8 Å². The molecule has 3 heteroatoms. The zero-order valence-corrected chi connectivity index (χ0v) is 12.4. The first kappa shape index (κ1) is 15.3. The molecule has 0 radical (unpaired) electrons. The first-order valence-corrected chi connectivity index (χ1v) is 8.27. The van der Waals surface area contributed by atoms with E-state index in [4.69, 9.17) is 4.74 Å². The Morgan fingerprint density at radius 1 is 1.11 bits per heavy atom. The maximum atomic E-state index is 9.86. The van der Waals surface area contributed by atoms with Crippen LogP contribution in [-0.4, -0.2) is 37.0 Å². The van der Waals surface area contributed by atoms with E-state index in [-0.39, 0.29) is 6.10 Å². The topological polar surface area (TPSA) is 41.5 Å².